The van der Waals surface area contributed by atoms with Gasteiger partial charge in [-0.25, -0.2) is 4.79 Å². The van der Waals surface area contributed by atoms with Crippen molar-refractivity contribution in [1.29, 1.82) is 5.26 Å². The first-order valence-corrected chi connectivity index (χ1v) is 5.61. The summed E-state index contributed by atoms with van der Waals surface area (Å²) >= 11 is 7.41. The number of nitriles is 1. The summed E-state index contributed by atoms with van der Waals surface area (Å²) in [5.74, 6) is -0.450. The minimum absolute atomic E-state index is 0.364. The van der Waals surface area contributed by atoms with Crippen LogP contribution in [0, 0.1) is 11.3 Å². The van der Waals surface area contributed by atoms with Crippen LogP contribution in [0.15, 0.2) is 17.0 Å². The molecule has 0 aliphatic carbocycles. The molecule has 0 bridgehead atoms. The van der Waals surface area contributed by atoms with E-state index in [0.29, 0.717) is 21.4 Å². The molecule has 0 spiro atoms. The molecule has 0 saturated heterocycles. The van der Waals surface area contributed by atoms with Crippen molar-refractivity contribution in [2.75, 3.05) is 7.11 Å². The maximum absolute atomic E-state index is 11.4. The molecule has 0 radical (unpaired) electrons. The Hall–Kier alpha value is -0.990. The molecular weight excluding hydrogens is 278 g/mol. The van der Waals surface area contributed by atoms with Crippen LogP contribution in [-0.4, -0.2) is 13.1 Å². The van der Waals surface area contributed by atoms with Gasteiger partial charge in [0, 0.05) is 10.2 Å². The van der Waals surface area contributed by atoms with Crippen LogP contribution in [0.1, 0.15) is 21.5 Å². The number of thiol groups is 1. The first-order valence-electron chi connectivity index (χ1n) is 4.04. The highest BCUT2D eigenvalue weighted by atomic mass is 79.9. The molecule has 15 heavy (non-hydrogen) atoms. The Kier molecular flexibility index (Phi) is 4.18. The molecule has 0 aliphatic heterocycles. The molecule has 3 nitrogen and oxygen atoms in total. The molecule has 0 saturated carbocycles. The zero-order valence-electron chi connectivity index (χ0n) is 7.95. The van der Waals surface area contributed by atoms with Gasteiger partial charge in [0.1, 0.15) is 6.07 Å². The molecule has 0 amide bonds. The molecule has 0 unspecified atom stereocenters. The zero-order valence-corrected chi connectivity index (χ0v) is 10.4. The molecule has 0 fully saturated rings. The Morgan fingerprint density at radius 2 is 2.33 bits per heavy atom. The number of carbonyl (C=O) groups is 1. The van der Waals surface area contributed by atoms with Gasteiger partial charge < -0.3 is 4.74 Å². The average Bonchev–Trinajstić information content (AvgIpc) is 2.27. The van der Waals surface area contributed by atoms with Crippen molar-refractivity contribution >= 4 is 34.5 Å². The second-order valence-electron chi connectivity index (χ2n) is 2.76. The molecule has 0 heterocycles. The summed E-state index contributed by atoms with van der Waals surface area (Å²) in [7, 11) is 1.31. The van der Waals surface area contributed by atoms with Crippen LogP contribution in [-0.2, 0) is 10.1 Å². The van der Waals surface area contributed by atoms with Crippen molar-refractivity contribution in [3.63, 3.8) is 0 Å². The normalized spacial score (nSPS) is 9.47. The molecule has 78 valence electrons. The number of esters is 1. The van der Waals surface area contributed by atoms with E-state index in [1.54, 1.807) is 6.07 Å². The topological polar surface area (TPSA) is 50.1 Å². The lowest BCUT2D eigenvalue weighted by molar-refractivity contribution is 0.0599. The summed E-state index contributed by atoms with van der Waals surface area (Å²) in [6.07, 6.45) is 0. The van der Waals surface area contributed by atoms with E-state index in [2.05, 4.69) is 33.3 Å². The van der Waals surface area contributed by atoms with E-state index >= 15 is 0 Å². The largest absolute Gasteiger partial charge is 0.465 e. The van der Waals surface area contributed by atoms with E-state index in [-0.39, 0.29) is 0 Å². The van der Waals surface area contributed by atoms with Crippen molar-refractivity contribution in [1.82, 2.24) is 0 Å². The third-order valence-corrected chi connectivity index (χ3v) is 2.87. The Balaban J connectivity index is 3.36. The number of alkyl halides is 1. The van der Waals surface area contributed by atoms with Crippen LogP contribution in [0.25, 0.3) is 0 Å². The highest BCUT2D eigenvalue weighted by Gasteiger charge is 2.14. The van der Waals surface area contributed by atoms with Gasteiger partial charge >= 0.3 is 5.97 Å². The number of benzene rings is 1. The lowest BCUT2D eigenvalue weighted by atomic mass is 10.1. The van der Waals surface area contributed by atoms with Crippen LogP contribution in [0.3, 0.4) is 0 Å². The molecule has 0 atom stereocenters. The number of hydrogen-bond donors (Lipinski definition) is 1. The Labute approximate surface area is 102 Å². The lowest BCUT2D eigenvalue weighted by Crippen LogP contribution is -2.05. The fraction of sp³-hybridized carbons (Fsp3) is 0.200. The highest BCUT2D eigenvalue weighted by Crippen LogP contribution is 2.22. The summed E-state index contributed by atoms with van der Waals surface area (Å²) in [5, 5.41) is 9.31. The molecule has 0 aromatic heterocycles. The fourth-order valence-electron chi connectivity index (χ4n) is 1.13. The predicted molar refractivity (Wildman–Crippen MR) is 62.4 cm³/mol. The van der Waals surface area contributed by atoms with Gasteiger partial charge in [0.05, 0.1) is 18.2 Å². The van der Waals surface area contributed by atoms with Gasteiger partial charge in [0.15, 0.2) is 0 Å². The van der Waals surface area contributed by atoms with Crippen molar-refractivity contribution in [3.05, 3.63) is 28.8 Å². The number of ether oxygens (including phenoxy) is 1. The van der Waals surface area contributed by atoms with Crippen molar-refractivity contribution in [3.8, 4) is 6.07 Å². The molecule has 0 aliphatic rings. The Bertz CT molecular complexity index is 440. The Morgan fingerprint density at radius 1 is 1.67 bits per heavy atom. The maximum atomic E-state index is 11.4. The molecule has 1 rings (SSSR count). The van der Waals surface area contributed by atoms with Gasteiger partial charge in [0.2, 0.25) is 0 Å². The minimum atomic E-state index is -0.450. The second-order valence-corrected chi connectivity index (χ2v) is 3.81. The number of nitrogens with zero attached hydrogens (tertiary/aromatic N) is 1. The van der Waals surface area contributed by atoms with E-state index in [9.17, 15) is 4.79 Å². The van der Waals surface area contributed by atoms with E-state index in [4.69, 9.17) is 5.26 Å². The number of halogens is 1. The SMILES string of the molecule is COC(=O)c1cc(C#N)c(S)cc1CBr. The van der Waals surface area contributed by atoms with Crippen molar-refractivity contribution in [2.45, 2.75) is 10.2 Å². The minimum Gasteiger partial charge on any atom is -0.465 e. The van der Waals surface area contributed by atoms with Gasteiger partial charge in [-0.1, -0.05) is 15.9 Å². The number of carbonyl (C=O) groups excluding carboxylic acids is 1. The summed E-state index contributed by atoms with van der Waals surface area (Å²) < 4.78 is 4.62. The fourth-order valence-corrected chi connectivity index (χ4v) is 1.87. The van der Waals surface area contributed by atoms with Crippen LogP contribution < -0.4 is 0 Å². The lowest BCUT2D eigenvalue weighted by Gasteiger charge is -2.07. The van der Waals surface area contributed by atoms with Crippen LogP contribution in [0.4, 0.5) is 0 Å². The first-order chi connectivity index (χ1) is 7.13. The third kappa shape index (κ3) is 2.52. The smallest absolute Gasteiger partial charge is 0.338 e. The highest BCUT2D eigenvalue weighted by molar-refractivity contribution is 9.08. The quantitative estimate of drug-likeness (QED) is 0.516. The molecular formula is C10H8BrNO2S. The van der Waals surface area contributed by atoms with Gasteiger partial charge in [0.25, 0.3) is 0 Å². The average molecular weight is 286 g/mol. The van der Waals surface area contributed by atoms with Gasteiger partial charge in [-0.2, -0.15) is 5.26 Å². The summed E-state index contributed by atoms with van der Waals surface area (Å²) in [5.41, 5.74) is 1.51. The predicted octanol–water partition coefficient (Wildman–Crippen LogP) is 2.53. The standard InChI is InChI=1S/C10H8BrNO2S/c1-14-10(13)8-2-7(5-12)9(15)3-6(8)4-11/h2-3,15H,4H2,1H3. The summed E-state index contributed by atoms with van der Waals surface area (Å²) in [6.45, 7) is 0. The van der Waals surface area contributed by atoms with Gasteiger partial charge in [-0.05, 0) is 17.7 Å². The summed E-state index contributed by atoms with van der Waals surface area (Å²) in [6, 6.07) is 5.14. The van der Waals surface area contributed by atoms with E-state index in [0.717, 1.165) is 5.56 Å². The van der Waals surface area contributed by atoms with E-state index in [1.165, 1.54) is 13.2 Å². The van der Waals surface area contributed by atoms with Crippen molar-refractivity contribution < 1.29 is 9.53 Å². The number of rotatable bonds is 2. The maximum Gasteiger partial charge on any atom is 0.338 e. The molecule has 0 N–H and O–H groups in total. The van der Waals surface area contributed by atoms with Crippen LogP contribution in [0.2, 0.25) is 0 Å². The van der Waals surface area contributed by atoms with Crippen LogP contribution >= 0.6 is 28.6 Å². The van der Waals surface area contributed by atoms with E-state index < -0.39 is 5.97 Å². The zero-order chi connectivity index (χ0) is 11.4. The third-order valence-electron chi connectivity index (χ3n) is 1.89. The second kappa shape index (κ2) is 5.19. The molecule has 1 aromatic carbocycles. The number of hydrogen-bond acceptors (Lipinski definition) is 4. The van der Waals surface area contributed by atoms with E-state index in [1.807, 2.05) is 6.07 Å². The van der Waals surface area contributed by atoms with Crippen LogP contribution in [0.5, 0.6) is 0 Å². The Morgan fingerprint density at radius 3 is 2.80 bits per heavy atom. The van der Waals surface area contributed by atoms with Gasteiger partial charge in [-0.3, -0.25) is 0 Å². The first kappa shape index (κ1) is 12.1. The molecule has 1 aromatic rings. The van der Waals surface area contributed by atoms with Crippen molar-refractivity contribution in [2.24, 2.45) is 0 Å². The number of methoxy groups -OCH3 is 1. The monoisotopic (exact) mass is 285 g/mol. The molecule has 5 heteroatoms. The van der Waals surface area contributed by atoms with Gasteiger partial charge in [-0.15, -0.1) is 12.6 Å². The summed E-state index contributed by atoms with van der Waals surface area (Å²) in [4.78, 5) is 12.0.